The summed E-state index contributed by atoms with van der Waals surface area (Å²) in [5, 5.41) is 10.3. The molecule has 88 valence electrons. The number of aromatic nitrogens is 2. The second kappa shape index (κ2) is 5.25. The molecule has 0 atom stereocenters. The maximum Gasteiger partial charge on any atom is 0.224 e. The van der Waals surface area contributed by atoms with Crippen LogP contribution >= 0.6 is 0 Å². The van der Waals surface area contributed by atoms with Crippen LogP contribution in [0.25, 0.3) is 0 Å². The van der Waals surface area contributed by atoms with Crippen molar-refractivity contribution in [2.75, 3.05) is 5.32 Å². The van der Waals surface area contributed by atoms with Gasteiger partial charge in [0, 0.05) is 25.5 Å². The highest BCUT2D eigenvalue weighted by Crippen LogP contribution is 2.07. The number of para-hydroxylation sites is 1. The number of hydrogen-bond acceptors (Lipinski definition) is 4. The molecule has 0 bridgehead atoms. The molecule has 0 unspecified atom stereocenters. The van der Waals surface area contributed by atoms with E-state index < -0.39 is 0 Å². The number of carbonyl (C=O) groups excluding carboxylic acids is 1. The predicted molar refractivity (Wildman–Crippen MR) is 62.4 cm³/mol. The molecule has 0 saturated heterocycles. The van der Waals surface area contributed by atoms with Crippen LogP contribution in [0.3, 0.4) is 0 Å². The van der Waals surface area contributed by atoms with Gasteiger partial charge < -0.3 is 9.73 Å². The van der Waals surface area contributed by atoms with Gasteiger partial charge in [0.25, 0.3) is 0 Å². The summed E-state index contributed by atoms with van der Waals surface area (Å²) in [5.41, 5.74) is 0.791. The molecule has 0 aliphatic heterocycles. The van der Waals surface area contributed by atoms with E-state index in [-0.39, 0.29) is 5.91 Å². The minimum Gasteiger partial charge on any atom is -0.426 e. The van der Waals surface area contributed by atoms with Crippen molar-refractivity contribution in [3.05, 3.63) is 42.1 Å². The summed E-state index contributed by atoms with van der Waals surface area (Å²) >= 11 is 0. The summed E-state index contributed by atoms with van der Waals surface area (Å²) in [7, 11) is 0. The van der Waals surface area contributed by atoms with Crippen LogP contribution in [-0.2, 0) is 11.2 Å². The van der Waals surface area contributed by atoms with Crippen molar-refractivity contribution in [3.8, 4) is 0 Å². The van der Waals surface area contributed by atoms with Gasteiger partial charge in [-0.1, -0.05) is 18.2 Å². The third kappa shape index (κ3) is 3.41. The van der Waals surface area contributed by atoms with Crippen LogP contribution in [0.5, 0.6) is 0 Å². The predicted octanol–water partition coefficient (Wildman–Crippen LogP) is 1.95. The van der Waals surface area contributed by atoms with Gasteiger partial charge in [0.15, 0.2) is 0 Å². The maximum absolute atomic E-state index is 11.6. The first-order valence-electron chi connectivity index (χ1n) is 5.38. The highest BCUT2D eigenvalue weighted by atomic mass is 16.4. The normalized spacial score (nSPS) is 10.2. The number of aryl methyl sites for hydroxylation is 2. The average Bonchev–Trinajstić information content (AvgIpc) is 2.74. The molecule has 0 spiro atoms. The smallest absolute Gasteiger partial charge is 0.224 e. The minimum absolute atomic E-state index is 0.0629. The zero-order valence-corrected chi connectivity index (χ0v) is 9.51. The van der Waals surface area contributed by atoms with E-state index in [4.69, 9.17) is 4.42 Å². The molecule has 1 aromatic heterocycles. The Morgan fingerprint density at radius 1 is 1.29 bits per heavy atom. The summed E-state index contributed by atoms with van der Waals surface area (Å²) < 4.78 is 5.18. The molecule has 0 saturated carbocycles. The van der Waals surface area contributed by atoms with Crippen LogP contribution in [-0.4, -0.2) is 16.1 Å². The second-order valence-electron chi connectivity index (χ2n) is 3.63. The first-order chi connectivity index (χ1) is 8.24. The highest BCUT2D eigenvalue weighted by molar-refractivity contribution is 5.90. The van der Waals surface area contributed by atoms with E-state index in [0.717, 1.165) is 5.69 Å². The van der Waals surface area contributed by atoms with Crippen molar-refractivity contribution in [3.63, 3.8) is 0 Å². The van der Waals surface area contributed by atoms with E-state index in [2.05, 4.69) is 15.5 Å². The van der Waals surface area contributed by atoms with E-state index in [9.17, 15) is 4.79 Å². The van der Waals surface area contributed by atoms with Gasteiger partial charge in [0.2, 0.25) is 17.7 Å². The van der Waals surface area contributed by atoms with E-state index >= 15 is 0 Å². The van der Waals surface area contributed by atoms with Gasteiger partial charge in [-0.25, -0.2) is 0 Å². The fourth-order valence-corrected chi connectivity index (χ4v) is 1.40. The number of carbonyl (C=O) groups is 1. The van der Waals surface area contributed by atoms with Crippen molar-refractivity contribution < 1.29 is 9.21 Å². The lowest BCUT2D eigenvalue weighted by molar-refractivity contribution is -0.116. The van der Waals surface area contributed by atoms with Crippen LogP contribution in [0.2, 0.25) is 0 Å². The Kier molecular flexibility index (Phi) is 3.49. The lowest BCUT2D eigenvalue weighted by atomic mass is 10.2. The molecular formula is C12H13N3O2. The lowest BCUT2D eigenvalue weighted by Gasteiger charge is -2.02. The van der Waals surface area contributed by atoms with E-state index in [0.29, 0.717) is 24.6 Å². The summed E-state index contributed by atoms with van der Waals surface area (Å²) in [5.74, 6) is 0.946. The topological polar surface area (TPSA) is 68.0 Å². The molecule has 0 radical (unpaired) electrons. The lowest BCUT2D eigenvalue weighted by Crippen LogP contribution is -2.12. The third-order valence-electron chi connectivity index (χ3n) is 2.19. The molecule has 17 heavy (non-hydrogen) atoms. The number of benzene rings is 1. The maximum atomic E-state index is 11.6. The Bertz CT molecular complexity index is 493. The Morgan fingerprint density at radius 3 is 2.71 bits per heavy atom. The summed E-state index contributed by atoms with van der Waals surface area (Å²) in [6, 6.07) is 9.33. The average molecular weight is 231 g/mol. The largest absolute Gasteiger partial charge is 0.426 e. The Labute approximate surface area is 98.9 Å². The first-order valence-corrected chi connectivity index (χ1v) is 5.38. The molecule has 5 heteroatoms. The van der Waals surface area contributed by atoms with E-state index in [1.54, 1.807) is 6.92 Å². The number of amides is 1. The van der Waals surface area contributed by atoms with Gasteiger partial charge in [0.05, 0.1) is 0 Å². The summed E-state index contributed by atoms with van der Waals surface area (Å²) in [4.78, 5) is 11.6. The van der Waals surface area contributed by atoms with Gasteiger partial charge in [-0.2, -0.15) is 0 Å². The summed E-state index contributed by atoms with van der Waals surface area (Å²) in [6.45, 7) is 1.72. The number of nitrogens with zero attached hydrogens (tertiary/aromatic N) is 2. The van der Waals surface area contributed by atoms with Crippen LogP contribution < -0.4 is 5.32 Å². The van der Waals surface area contributed by atoms with Crippen LogP contribution in [0.1, 0.15) is 18.2 Å². The summed E-state index contributed by atoms with van der Waals surface area (Å²) in [6.07, 6.45) is 0.788. The molecule has 1 amide bonds. The molecule has 2 rings (SSSR count). The first kappa shape index (κ1) is 11.3. The number of nitrogens with one attached hydrogen (secondary N) is 1. The van der Waals surface area contributed by atoms with Crippen LogP contribution in [0.15, 0.2) is 34.7 Å². The second-order valence-corrected chi connectivity index (χ2v) is 3.63. The van der Waals surface area contributed by atoms with Crippen LogP contribution in [0, 0.1) is 6.92 Å². The molecule has 1 heterocycles. The fraction of sp³-hybridized carbons (Fsp3) is 0.250. The van der Waals surface area contributed by atoms with Gasteiger partial charge in [-0.3, -0.25) is 4.79 Å². The molecule has 0 fully saturated rings. The molecule has 0 aliphatic carbocycles. The van der Waals surface area contributed by atoms with Crippen molar-refractivity contribution >= 4 is 11.6 Å². The van der Waals surface area contributed by atoms with Gasteiger partial charge >= 0.3 is 0 Å². The van der Waals surface area contributed by atoms with E-state index in [1.165, 1.54) is 0 Å². The monoisotopic (exact) mass is 231 g/mol. The van der Waals surface area contributed by atoms with Crippen molar-refractivity contribution in [2.45, 2.75) is 19.8 Å². The molecular weight excluding hydrogens is 218 g/mol. The SMILES string of the molecule is Cc1nnc(CCC(=O)Nc2ccccc2)o1. The molecule has 0 aliphatic rings. The molecule has 1 N–H and O–H groups in total. The van der Waals surface area contributed by atoms with Crippen molar-refractivity contribution in [1.82, 2.24) is 10.2 Å². The minimum atomic E-state index is -0.0629. The molecule has 5 nitrogen and oxygen atoms in total. The Balaban J connectivity index is 1.82. The zero-order valence-electron chi connectivity index (χ0n) is 9.51. The highest BCUT2D eigenvalue weighted by Gasteiger charge is 2.07. The van der Waals surface area contributed by atoms with Crippen molar-refractivity contribution in [2.24, 2.45) is 0 Å². The molecule has 1 aromatic carbocycles. The number of hydrogen-bond donors (Lipinski definition) is 1. The Morgan fingerprint density at radius 2 is 2.06 bits per heavy atom. The fourth-order valence-electron chi connectivity index (χ4n) is 1.40. The van der Waals surface area contributed by atoms with Gasteiger partial charge in [-0.05, 0) is 12.1 Å². The number of anilines is 1. The third-order valence-corrected chi connectivity index (χ3v) is 2.19. The standard InChI is InChI=1S/C12H13N3O2/c1-9-14-15-12(17-9)8-7-11(16)13-10-5-3-2-4-6-10/h2-6H,7-8H2,1H3,(H,13,16). The van der Waals surface area contributed by atoms with E-state index in [1.807, 2.05) is 30.3 Å². The Hall–Kier alpha value is -2.17. The van der Waals surface area contributed by atoms with Gasteiger partial charge in [-0.15, -0.1) is 10.2 Å². The number of rotatable bonds is 4. The quantitative estimate of drug-likeness (QED) is 0.873. The van der Waals surface area contributed by atoms with Gasteiger partial charge in [0.1, 0.15) is 0 Å². The van der Waals surface area contributed by atoms with Crippen LogP contribution in [0.4, 0.5) is 5.69 Å². The zero-order chi connectivity index (χ0) is 12.1. The molecule has 2 aromatic rings. The van der Waals surface area contributed by atoms with Crippen molar-refractivity contribution in [1.29, 1.82) is 0 Å².